The maximum atomic E-state index is 12.3. The molecule has 0 radical (unpaired) electrons. The van der Waals surface area contributed by atoms with Crippen molar-refractivity contribution in [2.24, 2.45) is 0 Å². The summed E-state index contributed by atoms with van der Waals surface area (Å²) in [5.41, 5.74) is 1.99. The van der Waals surface area contributed by atoms with Gasteiger partial charge in [-0.05, 0) is 45.0 Å². The van der Waals surface area contributed by atoms with E-state index in [-0.39, 0.29) is 5.91 Å². The van der Waals surface area contributed by atoms with Gasteiger partial charge in [0.15, 0.2) is 5.69 Å². The number of aromatic nitrogens is 3. The molecule has 2 heterocycles. The van der Waals surface area contributed by atoms with Crippen LogP contribution in [0.3, 0.4) is 0 Å². The Hall–Kier alpha value is -2.21. The molecule has 2 N–H and O–H groups in total. The molecule has 0 saturated carbocycles. The fraction of sp³-hybridized carbons (Fsp3) is 0.400. The number of nitrogens with one attached hydrogen (secondary N) is 2. The van der Waals surface area contributed by atoms with Gasteiger partial charge in [0.25, 0.3) is 5.91 Å². The number of carbonyl (C=O) groups is 1. The third-order valence-electron chi connectivity index (χ3n) is 3.83. The molecule has 0 unspecified atom stereocenters. The van der Waals surface area contributed by atoms with Gasteiger partial charge in [0.05, 0.1) is 11.7 Å². The van der Waals surface area contributed by atoms with Gasteiger partial charge in [-0.2, -0.15) is 0 Å². The molecule has 0 bridgehead atoms. The van der Waals surface area contributed by atoms with Crippen LogP contribution < -0.4 is 10.6 Å². The zero-order chi connectivity index (χ0) is 14.7. The Bertz CT molecular complexity index is 616. The summed E-state index contributed by atoms with van der Waals surface area (Å²) in [5, 5.41) is 14.4. The van der Waals surface area contributed by atoms with Crippen LogP contribution in [0, 0.1) is 6.92 Å². The van der Waals surface area contributed by atoms with Crippen LogP contribution in [0.15, 0.2) is 30.3 Å². The van der Waals surface area contributed by atoms with Crippen LogP contribution in [0.2, 0.25) is 0 Å². The number of hydrogen-bond donors (Lipinski definition) is 2. The lowest BCUT2D eigenvalue weighted by molar-refractivity contribution is 0.102. The number of para-hydroxylation sites is 1. The third kappa shape index (κ3) is 2.95. The molecule has 1 amide bonds. The molecule has 21 heavy (non-hydrogen) atoms. The quantitative estimate of drug-likeness (QED) is 0.901. The summed E-state index contributed by atoms with van der Waals surface area (Å²) in [6, 6.07) is 9.71. The average Bonchev–Trinajstić information content (AvgIpc) is 2.91. The molecular weight excluding hydrogens is 266 g/mol. The Labute approximate surface area is 123 Å². The van der Waals surface area contributed by atoms with E-state index in [0.717, 1.165) is 37.3 Å². The van der Waals surface area contributed by atoms with Crippen molar-refractivity contribution in [1.29, 1.82) is 0 Å². The third-order valence-corrected chi connectivity index (χ3v) is 3.83. The highest BCUT2D eigenvalue weighted by atomic mass is 16.2. The van der Waals surface area contributed by atoms with E-state index < -0.39 is 0 Å². The highest BCUT2D eigenvalue weighted by molar-refractivity contribution is 6.03. The molecule has 2 aromatic rings. The van der Waals surface area contributed by atoms with E-state index >= 15 is 0 Å². The number of amides is 1. The monoisotopic (exact) mass is 285 g/mol. The van der Waals surface area contributed by atoms with E-state index in [1.54, 1.807) is 0 Å². The van der Waals surface area contributed by atoms with Crippen molar-refractivity contribution in [2.45, 2.75) is 25.8 Å². The first kappa shape index (κ1) is 13.8. The number of rotatable bonds is 3. The first-order valence-corrected chi connectivity index (χ1v) is 7.24. The molecule has 1 aromatic heterocycles. The molecule has 1 aliphatic heterocycles. The lowest BCUT2D eigenvalue weighted by Crippen LogP contribution is -2.30. The Balaban J connectivity index is 1.76. The fourth-order valence-electron chi connectivity index (χ4n) is 2.66. The van der Waals surface area contributed by atoms with Crippen molar-refractivity contribution < 1.29 is 4.79 Å². The molecule has 1 aliphatic rings. The molecule has 3 rings (SSSR count). The molecule has 1 saturated heterocycles. The topological polar surface area (TPSA) is 71.8 Å². The normalized spacial score (nSPS) is 15.9. The van der Waals surface area contributed by atoms with Gasteiger partial charge < -0.3 is 10.6 Å². The Morgan fingerprint density at radius 2 is 2.00 bits per heavy atom. The smallest absolute Gasteiger partial charge is 0.278 e. The van der Waals surface area contributed by atoms with Gasteiger partial charge >= 0.3 is 0 Å². The first-order valence-electron chi connectivity index (χ1n) is 7.24. The lowest BCUT2D eigenvalue weighted by atomic mass is 10.1. The maximum absolute atomic E-state index is 12.3. The molecule has 110 valence electrons. The van der Waals surface area contributed by atoms with Gasteiger partial charge in [0.1, 0.15) is 0 Å². The van der Waals surface area contributed by atoms with Crippen LogP contribution in [0.25, 0.3) is 0 Å². The van der Waals surface area contributed by atoms with Crippen molar-refractivity contribution in [3.8, 4) is 0 Å². The van der Waals surface area contributed by atoms with Gasteiger partial charge in [-0.3, -0.25) is 4.79 Å². The molecule has 0 spiro atoms. The summed E-state index contributed by atoms with van der Waals surface area (Å²) in [4.78, 5) is 12.3. The van der Waals surface area contributed by atoms with Crippen molar-refractivity contribution in [3.63, 3.8) is 0 Å². The molecular formula is C15H19N5O. The molecule has 0 atom stereocenters. The standard InChI is InChI=1S/C15H19N5O/c1-11-14(15(21)17-12-5-3-2-4-6-12)18-19-20(11)13-7-9-16-10-8-13/h2-6,13,16H,7-10H2,1H3,(H,17,21). The average molecular weight is 285 g/mol. The summed E-state index contributed by atoms with van der Waals surface area (Å²) in [6.07, 6.45) is 2.04. The Morgan fingerprint density at radius 3 is 2.71 bits per heavy atom. The minimum absolute atomic E-state index is 0.209. The minimum Gasteiger partial charge on any atom is -0.321 e. The Kier molecular flexibility index (Phi) is 3.96. The van der Waals surface area contributed by atoms with Crippen LogP contribution in [-0.2, 0) is 0 Å². The van der Waals surface area contributed by atoms with Gasteiger partial charge in [-0.25, -0.2) is 4.68 Å². The van der Waals surface area contributed by atoms with Gasteiger partial charge in [0.2, 0.25) is 0 Å². The number of piperidine rings is 1. The van der Waals surface area contributed by atoms with Crippen LogP contribution in [0.4, 0.5) is 5.69 Å². The van der Waals surface area contributed by atoms with E-state index in [9.17, 15) is 4.79 Å². The minimum atomic E-state index is -0.209. The van der Waals surface area contributed by atoms with Crippen molar-refractivity contribution in [1.82, 2.24) is 20.3 Å². The first-order chi connectivity index (χ1) is 10.3. The second-order valence-corrected chi connectivity index (χ2v) is 5.27. The maximum Gasteiger partial charge on any atom is 0.278 e. The zero-order valence-corrected chi connectivity index (χ0v) is 12.0. The van der Waals surface area contributed by atoms with E-state index in [1.165, 1.54) is 0 Å². The van der Waals surface area contributed by atoms with Crippen LogP contribution >= 0.6 is 0 Å². The number of hydrogen-bond acceptors (Lipinski definition) is 4. The SMILES string of the molecule is Cc1c(C(=O)Nc2ccccc2)nnn1C1CCNCC1. The summed E-state index contributed by atoms with van der Waals surface area (Å²) in [6.45, 7) is 3.87. The van der Waals surface area contributed by atoms with E-state index in [2.05, 4.69) is 20.9 Å². The van der Waals surface area contributed by atoms with E-state index in [1.807, 2.05) is 41.9 Å². The summed E-state index contributed by atoms with van der Waals surface area (Å²) >= 11 is 0. The summed E-state index contributed by atoms with van der Waals surface area (Å²) in [7, 11) is 0. The van der Waals surface area contributed by atoms with E-state index in [4.69, 9.17) is 0 Å². The highest BCUT2D eigenvalue weighted by Gasteiger charge is 2.22. The lowest BCUT2D eigenvalue weighted by Gasteiger charge is -2.23. The van der Waals surface area contributed by atoms with Crippen LogP contribution in [0.1, 0.15) is 35.1 Å². The molecule has 6 heteroatoms. The predicted octanol–water partition coefficient (Wildman–Crippen LogP) is 1.76. The van der Waals surface area contributed by atoms with Crippen LogP contribution in [0.5, 0.6) is 0 Å². The van der Waals surface area contributed by atoms with Crippen LogP contribution in [-0.4, -0.2) is 34.0 Å². The Morgan fingerprint density at radius 1 is 1.29 bits per heavy atom. The predicted molar refractivity (Wildman–Crippen MR) is 80.3 cm³/mol. The molecule has 1 fully saturated rings. The largest absolute Gasteiger partial charge is 0.321 e. The second-order valence-electron chi connectivity index (χ2n) is 5.27. The summed E-state index contributed by atoms with van der Waals surface area (Å²) in [5.74, 6) is -0.209. The zero-order valence-electron chi connectivity index (χ0n) is 12.0. The number of benzene rings is 1. The highest BCUT2D eigenvalue weighted by Crippen LogP contribution is 2.20. The van der Waals surface area contributed by atoms with Gasteiger partial charge in [-0.1, -0.05) is 23.4 Å². The number of anilines is 1. The van der Waals surface area contributed by atoms with Gasteiger partial charge in [-0.15, -0.1) is 5.10 Å². The van der Waals surface area contributed by atoms with E-state index in [0.29, 0.717) is 11.7 Å². The second kappa shape index (κ2) is 6.05. The van der Waals surface area contributed by atoms with Crippen molar-refractivity contribution >= 4 is 11.6 Å². The molecule has 0 aliphatic carbocycles. The van der Waals surface area contributed by atoms with Gasteiger partial charge in [0, 0.05) is 5.69 Å². The summed E-state index contributed by atoms with van der Waals surface area (Å²) < 4.78 is 1.89. The number of carbonyl (C=O) groups excluding carboxylic acids is 1. The van der Waals surface area contributed by atoms with Crippen molar-refractivity contribution in [3.05, 3.63) is 41.7 Å². The number of nitrogens with zero attached hydrogens (tertiary/aromatic N) is 3. The molecule has 6 nitrogen and oxygen atoms in total. The van der Waals surface area contributed by atoms with Crippen molar-refractivity contribution in [2.75, 3.05) is 18.4 Å². The molecule has 1 aromatic carbocycles. The fourth-order valence-corrected chi connectivity index (χ4v) is 2.66.